The van der Waals surface area contributed by atoms with E-state index in [1.165, 1.54) is 66.4 Å². The minimum Gasteiger partial charge on any atom is -0.260 e. The first-order valence-corrected chi connectivity index (χ1v) is 17.2. The zero-order valence-corrected chi connectivity index (χ0v) is 27.7. The van der Waals surface area contributed by atoms with Crippen molar-refractivity contribution in [2.45, 2.75) is 32.6 Å². The molecule has 1 heterocycles. The fourth-order valence-electron chi connectivity index (χ4n) is 8.08. The molecule has 0 atom stereocenters. The van der Waals surface area contributed by atoms with Crippen molar-refractivity contribution >= 4 is 27.6 Å². The predicted octanol–water partition coefficient (Wildman–Crippen LogP) is 11.8. The number of hydrogen-bond donors (Lipinski definition) is 0. The minimum atomic E-state index is 0.954. The van der Waals surface area contributed by atoms with Crippen LogP contribution in [0.15, 0.2) is 157 Å². The highest BCUT2D eigenvalue weighted by Gasteiger charge is 2.24. The molecule has 3 aliphatic carbocycles. The number of allylic oxidation sites excluding steroid dienone is 6. The second-order valence-corrected chi connectivity index (χ2v) is 13.3. The zero-order valence-electron chi connectivity index (χ0n) is 27.7. The van der Waals surface area contributed by atoms with Crippen LogP contribution in [-0.2, 0) is 12.8 Å². The van der Waals surface area contributed by atoms with E-state index in [0.29, 0.717) is 0 Å². The summed E-state index contributed by atoms with van der Waals surface area (Å²) in [4.78, 5) is 9.98. The summed E-state index contributed by atoms with van der Waals surface area (Å²) in [6.45, 7) is 6.30. The van der Waals surface area contributed by atoms with E-state index in [1.54, 1.807) is 0 Å². The molecule has 0 aliphatic heterocycles. The van der Waals surface area contributed by atoms with E-state index >= 15 is 0 Å². The molecule has 0 saturated carbocycles. The maximum atomic E-state index is 5.01. The van der Waals surface area contributed by atoms with Crippen LogP contribution >= 0.6 is 0 Å². The molecule has 0 N–H and O–H groups in total. The molecule has 0 bridgehead atoms. The van der Waals surface area contributed by atoms with Gasteiger partial charge in [0.2, 0.25) is 0 Å². The fraction of sp³-hybridized carbons (Fsp3) is 0.106. The van der Waals surface area contributed by atoms with E-state index < -0.39 is 0 Å². The van der Waals surface area contributed by atoms with Gasteiger partial charge < -0.3 is 0 Å². The molecule has 3 aliphatic rings. The van der Waals surface area contributed by atoms with Gasteiger partial charge in [-0.05, 0) is 122 Å². The molecule has 0 unspecified atom stereocenters. The summed E-state index contributed by atoms with van der Waals surface area (Å²) in [5.41, 5.74) is 20.1. The molecular formula is C47H36N2. The van der Waals surface area contributed by atoms with Gasteiger partial charge in [-0.1, -0.05) is 122 Å². The zero-order chi connectivity index (χ0) is 32.9. The van der Waals surface area contributed by atoms with Crippen LogP contribution in [-0.4, -0.2) is 10.7 Å². The molecule has 9 rings (SSSR count). The van der Waals surface area contributed by atoms with E-state index in [1.807, 2.05) is 18.5 Å². The number of benzene rings is 5. The first kappa shape index (κ1) is 29.3. The van der Waals surface area contributed by atoms with Crippen molar-refractivity contribution in [3.63, 3.8) is 0 Å². The van der Waals surface area contributed by atoms with Gasteiger partial charge in [0.15, 0.2) is 0 Å². The molecule has 6 aromatic rings. The van der Waals surface area contributed by atoms with Crippen molar-refractivity contribution in [3.05, 3.63) is 185 Å². The first-order valence-electron chi connectivity index (χ1n) is 17.2. The maximum Gasteiger partial charge on any atom is 0.0705 e. The Hall–Kier alpha value is -5.86. The summed E-state index contributed by atoms with van der Waals surface area (Å²) in [5, 5.41) is 2.36. The van der Waals surface area contributed by atoms with Crippen LogP contribution in [0.3, 0.4) is 0 Å². The molecule has 2 heteroatoms. The molecule has 0 spiro atoms. The lowest BCUT2D eigenvalue weighted by molar-refractivity contribution is 1.04. The summed E-state index contributed by atoms with van der Waals surface area (Å²) in [7, 11) is 0. The Morgan fingerprint density at radius 3 is 2.43 bits per heavy atom. The Morgan fingerprint density at radius 1 is 0.735 bits per heavy atom. The van der Waals surface area contributed by atoms with Crippen molar-refractivity contribution in [3.8, 4) is 33.5 Å². The lowest BCUT2D eigenvalue weighted by Gasteiger charge is -2.12. The highest BCUT2D eigenvalue weighted by Crippen LogP contribution is 2.42. The third-order valence-corrected chi connectivity index (χ3v) is 10.6. The summed E-state index contributed by atoms with van der Waals surface area (Å²) in [6.07, 6.45) is 14.7. The smallest absolute Gasteiger partial charge is 0.0705 e. The van der Waals surface area contributed by atoms with Crippen molar-refractivity contribution in [1.29, 1.82) is 0 Å². The Bertz CT molecular complexity index is 2450. The molecule has 234 valence electrons. The normalized spacial score (nSPS) is 14.9. The van der Waals surface area contributed by atoms with E-state index in [9.17, 15) is 0 Å². The standard InChI is InChI=1S/C47H36N2/c1-3-31(28-48-30(2)37-16-9-18-42-39-14-6-4-11-34(39)26-45(37)42)38-17-8-13-33-25-32(21-23-41(33)38)36-22-24-47(49-29-36)44-20-10-19-43-40-15-7-5-12-35(40)27-46(43)44/h3-5,7-13,15-25,28-29H,1,6,14,26-27H2,2H3/b31-28+,48-30+. The third-order valence-electron chi connectivity index (χ3n) is 10.6. The highest BCUT2D eigenvalue weighted by molar-refractivity contribution is 6.04. The minimum absolute atomic E-state index is 0.954. The van der Waals surface area contributed by atoms with Crippen LogP contribution in [0.25, 0.3) is 55.4 Å². The average molecular weight is 629 g/mol. The number of pyridine rings is 1. The van der Waals surface area contributed by atoms with Crippen LogP contribution in [0.4, 0.5) is 0 Å². The van der Waals surface area contributed by atoms with Gasteiger partial charge in [-0.2, -0.15) is 0 Å². The number of rotatable bonds is 6. The second-order valence-electron chi connectivity index (χ2n) is 13.3. The van der Waals surface area contributed by atoms with Crippen LogP contribution in [0.5, 0.6) is 0 Å². The molecule has 49 heavy (non-hydrogen) atoms. The van der Waals surface area contributed by atoms with Crippen LogP contribution in [0.1, 0.15) is 53.1 Å². The predicted molar refractivity (Wildman–Crippen MR) is 207 cm³/mol. The third kappa shape index (κ3) is 5.03. The fourth-order valence-corrected chi connectivity index (χ4v) is 8.08. The first-order chi connectivity index (χ1) is 24.2. The summed E-state index contributed by atoms with van der Waals surface area (Å²) in [5.74, 6) is 0. The molecule has 0 fully saturated rings. The van der Waals surface area contributed by atoms with Gasteiger partial charge in [0.25, 0.3) is 0 Å². The van der Waals surface area contributed by atoms with E-state index in [4.69, 9.17) is 9.98 Å². The number of aliphatic imine (C=N–C) groups is 1. The summed E-state index contributed by atoms with van der Waals surface area (Å²) < 4.78 is 0. The largest absolute Gasteiger partial charge is 0.260 e. The Kier molecular flexibility index (Phi) is 7.16. The molecule has 0 amide bonds. The molecule has 5 aromatic carbocycles. The van der Waals surface area contributed by atoms with Crippen molar-refractivity contribution in [2.24, 2.45) is 4.99 Å². The van der Waals surface area contributed by atoms with E-state index in [0.717, 1.165) is 59.4 Å². The monoisotopic (exact) mass is 628 g/mol. The highest BCUT2D eigenvalue weighted by atomic mass is 14.7. The topological polar surface area (TPSA) is 25.2 Å². The van der Waals surface area contributed by atoms with Gasteiger partial charge >= 0.3 is 0 Å². The van der Waals surface area contributed by atoms with Gasteiger partial charge in [0, 0.05) is 29.2 Å². The molecular weight excluding hydrogens is 593 g/mol. The quantitative estimate of drug-likeness (QED) is 0.133. The van der Waals surface area contributed by atoms with Gasteiger partial charge in [-0.15, -0.1) is 0 Å². The van der Waals surface area contributed by atoms with Crippen LogP contribution in [0, 0.1) is 0 Å². The Labute approximate surface area is 288 Å². The van der Waals surface area contributed by atoms with Crippen molar-refractivity contribution in [1.82, 2.24) is 4.98 Å². The van der Waals surface area contributed by atoms with Gasteiger partial charge in [0.1, 0.15) is 0 Å². The van der Waals surface area contributed by atoms with Gasteiger partial charge in [0.05, 0.1) is 5.69 Å². The summed E-state index contributed by atoms with van der Waals surface area (Å²) >= 11 is 0. The Balaban J connectivity index is 0.999. The van der Waals surface area contributed by atoms with Gasteiger partial charge in [-0.25, -0.2) is 0 Å². The molecule has 1 aromatic heterocycles. The number of nitrogens with zero attached hydrogens (tertiary/aromatic N) is 2. The SMILES string of the molecule is C=C/C(=C\N=C(/C)c1cccc2c1CC1=C2CCC=C1)c1cccc2cc(-c3ccc(-c4cccc5c4Cc4ccccc4-5)nc3)ccc12. The maximum absolute atomic E-state index is 5.01. The lowest BCUT2D eigenvalue weighted by Crippen LogP contribution is -2.01. The van der Waals surface area contributed by atoms with E-state index in [2.05, 4.69) is 135 Å². The second kappa shape index (κ2) is 12.0. The van der Waals surface area contributed by atoms with Crippen molar-refractivity contribution < 1.29 is 0 Å². The van der Waals surface area contributed by atoms with Crippen LogP contribution < -0.4 is 0 Å². The molecule has 0 radical (unpaired) electrons. The lowest BCUT2D eigenvalue weighted by atomic mass is 9.95. The Morgan fingerprint density at radius 2 is 1.53 bits per heavy atom. The molecule has 2 nitrogen and oxygen atoms in total. The van der Waals surface area contributed by atoms with E-state index in [-0.39, 0.29) is 0 Å². The number of aromatic nitrogens is 1. The average Bonchev–Trinajstić information content (AvgIpc) is 3.73. The number of fused-ring (bicyclic) bond motifs is 6. The van der Waals surface area contributed by atoms with Crippen LogP contribution in [0.2, 0.25) is 0 Å². The molecule has 0 saturated heterocycles. The van der Waals surface area contributed by atoms with Gasteiger partial charge in [-0.3, -0.25) is 9.98 Å². The summed E-state index contributed by atoms with van der Waals surface area (Å²) in [6, 6.07) is 39.5. The van der Waals surface area contributed by atoms with Crippen molar-refractivity contribution in [2.75, 3.05) is 0 Å². The number of hydrogen-bond acceptors (Lipinski definition) is 2.